The van der Waals surface area contributed by atoms with E-state index in [4.69, 9.17) is 16.2 Å². The predicted octanol–water partition coefficient (Wildman–Crippen LogP) is 2.44. The number of hydrogen-bond acceptors (Lipinski definition) is 3. The number of primary amides is 1. The van der Waals surface area contributed by atoms with E-state index in [1.165, 1.54) is 24.3 Å². The van der Waals surface area contributed by atoms with E-state index < -0.39 is 17.5 Å². The van der Waals surface area contributed by atoms with Gasteiger partial charge >= 0.3 is 0 Å². The topological polar surface area (TPSA) is 78.3 Å². The lowest BCUT2D eigenvalue weighted by atomic mass is 10.1. The molecular weight excluding hydrogens is 254 g/mol. The molecule has 0 saturated carbocycles. The predicted molar refractivity (Wildman–Crippen MR) is 65.8 cm³/mol. The summed E-state index contributed by atoms with van der Waals surface area (Å²) in [5.41, 5.74) is 11.1. The van der Waals surface area contributed by atoms with E-state index in [1.807, 2.05) is 0 Å². The summed E-state index contributed by atoms with van der Waals surface area (Å²) in [4.78, 5) is 11.2. The van der Waals surface area contributed by atoms with Crippen molar-refractivity contribution in [2.45, 2.75) is 0 Å². The first-order valence-corrected chi connectivity index (χ1v) is 5.30. The lowest BCUT2D eigenvalue weighted by Gasteiger charge is -2.11. The molecule has 4 N–H and O–H groups in total. The molecule has 0 spiro atoms. The number of anilines is 1. The third kappa shape index (κ3) is 2.62. The second-order valence-electron chi connectivity index (χ2n) is 3.77. The number of benzene rings is 2. The molecule has 6 heteroatoms. The molecule has 0 fully saturated rings. The van der Waals surface area contributed by atoms with Gasteiger partial charge in [-0.25, -0.2) is 8.78 Å². The van der Waals surface area contributed by atoms with Crippen molar-refractivity contribution in [2.24, 2.45) is 5.73 Å². The molecule has 0 aromatic heterocycles. The Morgan fingerprint density at radius 1 is 1.11 bits per heavy atom. The van der Waals surface area contributed by atoms with E-state index in [0.717, 1.165) is 12.1 Å². The third-order valence-corrected chi connectivity index (χ3v) is 2.42. The molecule has 0 bridgehead atoms. The highest BCUT2D eigenvalue weighted by atomic mass is 19.2. The zero-order chi connectivity index (χ0) is 14.0. The summed E-state index contributed by atoms with van der Waals surface area (Å²) in [6.07, 6.45) is 0. The lowest BCUT2D eigenvalue weighted by molar-refractivity contribution is 0.0998. The number of para-hydroxylation sites is 1. The lowest BCUT2D eigenvalue weighted by Crippen LogP contribution is -2.13. The fourth-order valence-electron chi connectivity index (χ4n) is 1.52. The molecule has 0 aliphatic heterocycles. The molecule has 0 atom stereocenters. The largest absolute Gasteiger partial charge is 0.454 e. The summed E-state index contributed by atoms with van der Waals surface area (Å²) in [5.74, 6) is -2.76. The number of nitrogens with two attached hydrogens (primary N) is 2. The number of halogens is 2. The van der Waals surface area contributed by atoms with Gasteiger partial charge in [0.15, 0.2) is 17.4 Å². The van der Waals surface area contributed by atoms with Crippen LogP contribution in [0, 0.1) is 11.6 Å². The molecule has 4 nitrogen and oxygen atoms in total. The Bertz CT molecular complexity index is 645. The van der Waals surface area contributed by atoms with Gasteiger partial charge in [0.25, 0.3) is 5.91 Å². The number of carbonyl (C=O) groups is 1. The molecule has 2 aromatic carbocycles. The van der Waals surface area contributed by atoms with Crippen LogP contribution in [0.15, 0.2) is 36.4 Å². The minimum Gasteiger partial charge on any atom is -0.454 e. The minimum absolute atomic E-state index is 0.0132. The third-order valence-electron chi connectivity index (χ3n) is 2.42. The van der Waals surface area contributed by atoms with E-state index in [9.17, 15) is 13.6 Å². The molecule has 0 radical (unpaired) electrons. The number of ether oxygens (including phenoxy) is 1. The van der Waals surface area contributed by atoms with Crippen molar-refractivity contribution in [2.75, 3.05) is 5.73 Å². The average Bonchev–Trinajstić information content (AvgIpc) is 2.36. The van der Waals surface area contributed by atoms with Crippen LogP contribution in [-0.4, -0.2) is 5.91 Å². The number of rotatable bonds is 3. The van der Waals surface area contributed by atoms with Crippen molar-refractivity contribution in [3.8, 4) is 11.5 Å². The Hall–Kier alpha value is -2.63. The second-order valence-corrected chi connectivity index (χ2v) is 3.77. The molecule has 0 aliphatic rings. The maximum absolute atomic E-state index is 13.1. The van der Waals surface area contributed by atoms with Crippen molar-refractivity contribution in [3.63, 3.8) is 0 Å². The smallest absolute Gasteiger partial charge is 0.252 e. The van der Waals surface area contributed by atoms with Crippen LogP contribution in [-0.2, 0) is 0 Å². The molecule has 19 heavy (non-hydrogen) atoms. The van der Waals surface area contributed by atoms with Gasteiger partial charge in [0.05, 0.1) is 11.3 Å². The Kier molecular flexibility index (Phi) is 3.33. The van der Waals surface area contributed by atoms with Crippen molar-refractivity contribution in [1.82, 2.24) is 0 Å². The van der Waals surface area contributed by atoms with Crippen LogP contribution in [0.4, 0.5) is 14.5 Å². The molecule has 0 unspecified atom stereocenters. The van der Waals surface area contributed by atoms with Gasteiger partial charge in [-0.15, -0.1) is 0 Å². The normalized spacial score (nSPS) is 10.2. The van der Waals surface area contributed by atoms with E-state index in [-0.39, 0.29) is 22.7 Å². The molecule has 0 saturated heterocycles. The maximum Gasteiger partial charge on any atom is 0.252 e. The maximum atomic E-state index is 13.1. The van der Waals surface area contributed by atoms with Gasteiger partial charge in [-0.3, -0.25) is 4.79 Å². The highest BCUT2D eigenvalue weighted by Crippen LogP contribution is 2.31. The highest BCUT2D eigenvalue weighted by Gasteiger charge is 2.14. The first kappa shape index (κ1) is 12.8. The average molecular weight is 264 g/mol. The van der Waals surface area contributed by atoms with E-state index in [1.54, 1.807) is 0 Å². The van der Waals surface area contributed by atoms with Gasteiger partial charge in [-0.1, -0.05) is 6.07 Å². The molecule has 0 aliphatic carbocycles. The monoisotopic (exact) mass is 264 g/mol. The van der Waals surface area contributed by atoms with E-state index in [0.29, 0.717) is 0 Å². The molecule has 2 rings (SSSR count). The second kappa shape index (κ2) is 4.93. The fraction of sp³-hybridized carbons (Fsp3) is 0. The first-order valence-electron chi connectivity index (χ1n) is 5.30. The highest BCUT2D eigenvalue weighted by molar-refractivity contribution is 5.97. The zero-order valence-electron chi connectivity index (χ0n) is 9.69. The first-order chi connectivity index (χ1) is 8.99. The summed E-state index contributed by atoms with van der Waals surface area (Å²) in [7, 11) is 0. The number of amides is 1. The zero-order valence-corrected chi connectivity index (χ0v) is 9.69. The number of carbonyl (C=O) groups excluding carboxylic acids is 1. The van der Waals surface area contributed by atoms with Gasteiger partial charge in [0.2, 0.25) is 0 Å². The molecule has 1 amide bonds. The molecular formula is C13H10F2N2O2. The number of hydrogen-bond donors (Lipinski definition) is 2. The Labute approximate surface area is 107 Å². The van der Waals surface area contributed by atoms with Gasteiger partial charge in [0.1, 0.15) is 5.75 Å². The Balaban J connectivity index is 2.42. The van der Waals surface area contributed by atoms with Crippen molar-refractivity contribution in [1.29, 1.82) is 0 Å². The summed E-state index contributed by atoms with van der Waals surface area (Å²) >= 11 is 0. The van der Waals surface area contributed by atoms with Crippen LogP contribution >= 0.6 is 0 Å². The van der Waals surface area contributed by atoms with Crippen LogP contribution in [0.3, 0.4) is 0 Å². The Morgan fingerprint density at radius 3 is 2.47 bits per heavy atom. The van der Waals surface area contributed by atoms with Crippen LogP contribution in [0.2, 0.25) is 0 Å². The summed E-state index contributed by atoms with van der Waals surface area (Å²) < 4.78 is 31.2. The standard InChI is InChI=1S/C13H10F2N2O2/c14-9-5-4-7(6-10(9)15)19-12-8(13(17)18)2-1-3-11(12)16/h1-6H,16H2,(H2,17,18). The molecule has 0 heterocycles. The van der Waals surface area contributed by atoms with Crippen LogP contribution in [0.25, 0.3) is 0 Å². The van der Waals surface area contributed by atoms with Crippen molar-refractivity contribution in [3.05, 3.63) is 53.6 Å². The molecule has 2 aromatic rings. The fourth-order valence-corrected chi connectivity index (χ4v) is 1.52. The van der Waals surface area contributed by atoms with Gasteiger partial charge in [0, 0.05) is 6.07 Å². The SMILES string of the molecule is NC(=O)c1cccc(N)c1Oc1ccc(F)c(F)c1. The van der Waals surface area contributed by atoms with E-state index in [2.05, 4.69) is 0 Å². The number of nitrogen functional groups attached to an aromatic ring is 1. The van der Waals surface area contributed by atoms with Crippen molar-refractivity contribution >= 4 is 11.6 Å². The van der Waals surface area contributed by atoms with Gasteiger partial charge in [-0.05, 0) is 24.3 Å². The summed E-state index contributed by atoms with van der Waals surface area (Å²) in [6, 6.07) is 7.44. The van der Waals surface area contributed by atoms with Gasteiger partial charge < -0.3 is 16.2 Å². The summed E-state index contributed by atoms with van der Waals surface area (Å²) in [5, 5.41) is 0. The minimum atomic E-state index is -1.06. The van der Waals surface area contributed by atoms with Crippen LogP contribution in [0.1, 0.15) is 10.4 Å². The quantitative estimate of drug-likeness (QED) is 0.836. The molecule has 98 valence electrons. The van der Waals surface area contributed by atoms with Crippen LogP contribution in [0.5, 0.6) is 11.5 Å². The summed E-state index contributed by atoms with van der Waals surface area (Å²) in [6.45, 7) is 0. The van der Waals surface area contributed by atoms with E-state index >= 15 is 0 Å². The van der Waals surface area contributed by atoms with Gasteiger partial charge in [-0.2, -0.15) is 0 Å². The van der Waals surface area contributed by atoms with Crippen molar-refractivity contribution < 1.29 is 18.3 Å². The van der Waals surface area contributed by atoms with Crippen LogP contribution < -0.4 is 16.2 Å². The Morgan fingerprint density at radius 2 is 1.84 bits per heavy atom.